The second-order valence-corrected chi connectivity index (χ2v) is 9.02. The third kappa shape index (κ3) is 4.06. The van der Waals surface area contributed by atoms with Gasteiger partial charge in [0.2, 0.25) is 10.0 Å². The molecule has 11 heteroatoms. The number of aromatic amines is 1. The van der Waals surface area contributed by atoms with E-state index in [-0.39, 0.29) is 10.5 Å². The summed E-state index contributed by atoms with van der Waals surface area (Å²) in [7, 11) is -3.80. The van der Waals surface area contributed by atoms with Crippen LogP contribution in [0.25, 0.3) is 16.7 Å². The lowest BCUT2D eigenvalue weighted by atomic mass is 10.2. The molecule has 0 aliphatic rings. The number of primary sulfonamides is 1. The number of halogens is 1. The van der Waals surface area contributed by atoms with E-state index in [1.54, 1.807) is 18.2 Å². The third-order valence-corrected chi connectivity index (χ3v) is 6.37. The number of hydrogen-bond donors (Lipinski definition) is 2. The predicted molar refractivity (Wildman–Crippen MR) is 112 cm³/mol. The molecule has 0 unspecified atom stereocenters. The molecule has 0 amide bonds. The van der Waals surface area contributed by atoms with Crippen LogP contribution in [0.2, 0.25) is 5.02 Å². The minimum absolute atomic E-state index is 0.0143. The van der Waals surface area contributed by atoms with Crippen LogP contribution in [-0.2, 0) is 15.8 Å². The molecule has 3 N–H and O–H groups in total. The zero-order chi connectivity index (χ0) is 20.6. The minimum atomic E-state index is -3.80. The number of thioether (sulfide) groups is 1. The van der Waals surface area contributed by atoms with Crippen molar-refractivity contribution in [3.05, 3.63) is 75.7 Å². The molecule has 0 radical (unpaired) electrons. The highest BCUT2D eigenvalue weighted by Gasteiger charge is 2.14. The number of nitrogens with two attached hydrogens (primary N) is 1. The summed E-state index contributed by atoms with van der Waals surface area (Å²) in [5, 5.41) is 10.7. The molecule has 0 atom stereocenters. The van der Waals surface area contributed by atoms with Gasteiger partial charge in [-0.05, 0) is 35.9 Å². The molecule has 0 aliphatic carbocycles. The largest absolute Gasteiger partial charge is 0.301 e. The number of benzene rings is 2. The molecule has 0 saturated heterocycles. The fourth-order valence-electron chi connectivity index (χ4n) is 2.69. The maximum atomic E-state index is 12.4. The summed E-state index contributed by atoms with van der Waals surface area (Å²) in [6.07, 6.45) is 1.41. The fraction of sp³-hybridized carbons (Fsp3) is 0.0556. The molecule has 0 spiro atoms. The number of rotatable bonds is 5. The first-order chi connectivity index (χ1) is 13.8. The topological polar surface area (TPSA) is 124 Å². The van der Waals surface area contributed by atoms with Gasteiger partial charge < -0.3 is 4.98 Å². The van der Waals surface area contributed by atoms with E-state index in [2.05, 4.69) is 15.1 Å². The molecule has 4 rings (SSSR count). The first-order valence-electron chi connectivity index (χ1n) is 8.30. The lowest BCUT2D eigenvalue weighted by molar-refractivity contribution is 0.598. The molecule has 0 aliphatic heterocycles. The van der Waals surface area contributed by atoms with Crippen molar-refractivity contribution in [2.24, 2.45) is 5.14 Å². The summed E-state index contributed by atoms with van der Waals surface area (Å²) in [4.78, 5) is 19.7. The predicted octanol–water partition coefficient (Wildman–Crippen LogP) is 2.70. The van der Waals surface area contributed by atoms with Crippen molar-refractivity contribution in [1.29, 1.82) is 0 Å². The van der Waals surface area contributed by atoms with Gasteiger partial charge in [0.1, 0.15) is 5.39 Å². The van der Waals surface area contributed by atoms with Gasteiger partial charge in [-0.15, -0.1) is 0 Å². The zero-order valence-electron chi connectivity index (χ0n) is 14.7. The van der Waals surface area contributed by atoms with Crippen LogP contribution in [-0.4, -0.2) is 28.2 Å². The summed E-state index contributed by atoms with van der Waals surface area (Å²) in [5.74, 6) is 0.533. The van der Waals surface area contributed by atoms with Gasteiger partial charge in [-0.1, -0.05) is 41.6 Å². The van der Waals surface area contributed by atoms with E-state index in [0.717, 1.165) is 5.56 Å². The van der Waals surface area contributed by atoms with E-state index >= 15 is 0 Å². The SMILES string of the molecule is NS(=O)(=O)c1ccc(-n2ncc3c(=O)[nH]c(SCc4ccccc4Cl)nc32)cc1. The quantitative estimate of drug-likeness (QED) is 0.358. The number of nitrogens with zero attached hydrogens (tertiary/aromatic N) is 3. The second-order valence-electron chi connectivity index (χ2n) is 6.08. The van der Waals surface area contributed by atoms with Crippen LogP contribution in [0.4, 0.5) is 0 Å². The van der Waals surface area contributed by atoms with Gasteiger partial charge in [-0.2, -0.15) is 5.10 Å². The highest BCUT2D eigenvalue weighted by molar-refractivity contribution is 7.98. The van der Waals surface area contributed by atoms with Crippen molar-refractivity contribution in [1.82, 2.24) is 19.7 Å². The van der Waals surface area contributed by atoms with E-state index in [4.69, 9.17) is 16.7 Å². The van der Waals surface area contributed by atoms with Crippen LogP contribution in [0.5, 0.6) is 0 Å². The number of hydrogen-bond acceptors (Lipinski definition) is 6. The van der Waals surface area contributed by atoms with E-state index in [1.807, 2.05) is 18.2 Å². The Hall–Kier alpha value is -2.66. The van der Waals surface area contributed by atoms with Gasteiger partial charge in [0.25, 0.3) is 5.56 Å². The lowest BCUT2D eigenvalue weighted by Crippen LogP contribution is -2.12. The second kappa shape index (κ2) is 7.64. The smallest absolute Gasteiger partial charge is 0.262 e. The van der Waals surface area contributed by atoms with Crippen LogP contribution in [0.3, 0.4) is 0 Å². The van der Waals surface area contributed by atoms with Gasteiger partial charge in [0.15, 0.2) is 10.8 Å². The molecular weight excluding hydrogens is 434 g/mol. The lowest BCUT2D eigenvalue weighted by Gasteiger charge is -2.06. The van der Waals surface area contributed by atoms with Crippen molar-refractivity contribution in [3.8, 4) is 5.69 Å². The summed E-state index contributed by atoms with van der Waals surface area (Å²) < 4.78 is 24.3. The monoisotopic (exact) mass is 447 g/mol. The first kappa shape index (κ1) is 19.6. The third-order valence-electron chi connectivity index (χ3n) is 4.15. The molecule has 0 bridgehead atoms. The van der Waals surface area contributed by atoms with Crippen molar-refractivity contribution in [3.63, 3.8) is 0 Å². The van der Waals surface area contributed by atoms with Gasteiger partial charge in [0.05, 0.1) is 16.8 Å². The molecule has 2 heterocycles. The standard InChI is InChI=1S/C18H14ClN5O3S2/c19-15-4-2-1-3-11(15)10-28-18-22-16-14(17(25)23-18)9-21-24(16)12-5-7-13(8-6-12)29(20,26)27/h1-9H,10H2,(H2,20,26,27)(H,22,23,25). The van der Waals surface area contributed by atoms with E-state index in [1.165, 1.54) is 34.8 Å². The average molecular weight is 448 g/mol. The minimum Gasteiger partial charge on any atom is -0.301 e. The van der Waals surface area contributed by atoms with Crippen molar-refractivity contribution >= 4 is 44.4 Å². The van der Waals surface area contributed by atoms with E-state index in [9.17, 15) is 13.2 Å². The van der Waals surface area contributed by atoms with E-state index in [0.29, 0.717) is 32.7 Å². The van der Waals surface area contributed by atoms with Crippen molar-refractivity contribution in [2.45, 2.75) is 15.8 Å². The average Bonchev–Trinajstić information content (AvgIpc) is 3.11. The molecule has 2 aromatic carbocycles. The molecule has 0 fully saturated rings. The first-order valence-corrected chi connectivity index (χ1v) is 11.2. The van der Waals surface area contributed by atoms with Gasteiger partial charge in [0, 0.05) is 10.8 Å². The Balaban J connectivity index is 1.70. The fourth-order valence-corrected chi connectivity index (χ4v) is 4.35. The number of H-pyrrole nitrogens is 1. The molecule has 148 valence electrons. The number of sulfonamides is 1. The highest BCUT2D eigenvalue weighted by atomic mass is 35.5. The van der Waals surface area contributed by atoms with Crippen molar-refractivity contribution < 1.29 is 8.42 Å². The molecule has 29 heavy (non-hydrogen) atoms. The van der Waals surface area contributed by atoms with Gasteiger partial charge in [-0.3, -0.25) is 4.79 Å². The van der Waals surface area contributed by atoms with Crippen molar-refractivity contribution in [2.75, 3.05) is 0 Å². The summed E-state index contributed by atoms with van der Waals surface area (Å²) >= 11 is 7.52. The number of aromatic nitrogens is 4. The summed E-state index contributed by atoms with van der Waals surface area (Å²) in [6.45, 7) is 0. The molecule has 4 aromatic rings. The highest BCUT2D eigenvalue weighted by Crippen LogP contribution is 2.25. The number of fused-ring (bicyclic) bond motifs is 1. The maximum absolute atomic E-state index is 12.4. The van der Waals surface area contributed by atoms with Gasteiger partial charge in [-0.25, -0.2) is 23.2 Å². The molecule has 8 nitrogen and oxygen atoms in total. The van der Waals surface area contributed by atoms with E-state index < -0.39 is 10.0 Å². The zero-order valence-corrected chi connectivity index (χ0v) is 17.1. The Morgan fingerprint density at radius 1 is 1.14 bits per heavy atom. The van der Waals surface area contributed by atoms with Crippen LogP contribution in [0, 0.1) is 0 Å². The van der Waals surface area contributed by atoms with Gasteiger partial charge >= 0.3 is 0 Å². The van der Waals surface area contributed by atoms with Crippen LogP contribution < -0.4 is 10.7 Å². The van der Waals surface area contributed by atoms with Crippen LogP contribution in [0.15, 0.2) is 69.6 Å². The Bertz CT molecular complexity index is 1360. The van der Waals surface area contributed by atoms with Crippen LogP contribution in [0.1, 0.15) is 5.56 Å². The Morgan fingerprint density at radius 2 is 1.86 bits per heavy atom. The number of nitrogens with one attached hydrogen (secondary N) is 1. The Labute approximate surface area is 174 Å². The summed E-state index contributed by atoms with van der Waals surface area (Å²) in [5.41, 5.74) is 1.52. The molecular formula is C18H14ClN5O3S2. The normalized spacial score (nSPS) is 11.8. The summed E-state index contributed by atoms with van der Waals surface area (Å²) in [6, 6.07) is 13.3. The van der Waals surface area contributed by atoms with Crippen LogP contribution >= 0.6 is 23.4 Å². The molecule has 0 saturated carbocycles. The molecule has 2 aromatic heterocycles. The Morgan fingerprint density at radius 3 is 2.55 bits per heavy atom. The maximum Gasteiger partial charge on any atom is 0.262 e. The Kier molecular flexibility index (Phi) is 5.17.